The average molecular weight is 387 g/mol. The lowest BCUT2D eigenvalue weighted by Gasteiger charge is -2.36. The molecular formula is C22H27ClN2O2. The first-order chi connectivity index (χ1) is 12.8. The Kier molecular flexibility index (Phi) is 5.66. The van der Waals surface area contributed by atoms with Crippen LogP contribution in [0.5, 0.6) is 5.75 Å². The summed E-state index contributed by atoms with van der Waals surface area (Å²) < 4.78 is 5.21. The first kappa shape index (κ1) is 19.6. The van der Waals surface area contributed by atoms with Crippen LogP contribution in [0.15, 0.2) is 42.5 Å². The van der Waals surface area contributed by atoms with Crippen LogP contribution in [0.25, 0.3) is 0 Å². The first-order valence-electron chi connectivity index (χ1n) is 9.28. The monoisotopic (exact) mass is 386 g/mol. The lowest BCUT2D eigenvalue weighted by molar-refractivity contribution is 0.0746. The third kappa shape index (κ3) is 4.38. The minimum absolute atomic E-state index is 0.0901. The molecule has 1 fully saturated rings. The number of amides is 1. The van der Waals surface area contributed by atoms with E-state index in [9.17, 15) is 4.79 Å². The highest BCUT2D eigenvalue weighted by atomic mass is 35.5. The van der Waals surface area contributed by atoms with Crippen molar-refractivity contribution < 1.29 is 9.53 Å². The fraction of sp³-hybridized carbons (Fsp3) is 0.409. The molecule has 0 bridgehead atoms. The summed E-state index contributed by atoms with van der Waals surface area (Å²) in [5.41, 5.74) is 3.14. The molecule has 0 N–H and O–H groups in total. The highest BCUT2D eigenvalue weighted by Gasteiger charge is 2.23. The number of benzene rings is 2. The number of hydrogen-bond donors (Lipinski definition) is 0. The van der Waals surface area contributed by atoms with Gasteiger partial charge in [-0.2, -0.15) is 0 Å². The molecular weight excluding hydrogens is 360 g/mol. The summed E-state index contributed by atoms with van der Waals surface area (Å²) in [5.74, 6) is 0.774. The van der Waals surface area contributed by atoms with Gasteiger partial charge >= 0.3 is 0 Å². The Bertz CT molecular complexity index is 804. The molecule has 0 aliphatic carbocycles. The smallest absolute Gasteiger partial charge is 0.253 e. The quantitative estimate of drug-likeness (QED) is 0.772. The number of nitrogens with zero attached hydrogens (tertiary/aromatic N) is 2. The van der Waals surface area contributed by atoms with Crippen molar-refractivity contribution in [3.8, 4) is 5.75 Å². The number of piperazine rings is 1. The summed E-state index contributed by atoms with van der Waals surface area (Å²) in [4.78, 5) is 17.0. The first-order valence-corrected chi connectivity index (χ1v) is 9.65. The van der Waals surface area contributed by atoms with Crippen molar-refractivity contribution in [1.82, 2.24) is 4.90 Å². The molecule has 1 aliphatic heterocycles. The van der Waals surface area contributed by atoms with E-state index in [0.29, 0.717) is 23.9 Å². The molecule has 1 heterocycles. The summed E-state index contributed by atoms with van der Waals surface area (Å²) in [7, 11) is 1.61. The maximum atomic E-state index is 12.8. The van der Waals surface area contributed by atoms with Crippen LogP contribution in [-0.2, 0) is 5.41 Å². The van der Waals surface area contributed by atoms with Gasteiger partial charge in [-0.25, -0.2) is 0 Å². The Hall–Kier alpha value is -2.20. The lowest BCUT2D eigenvalue weighted by Crippen LogP contribution is -2.48. The van der Waals surface area contributed by atoms with Crippen LogP contribution >= 0.6 is 11.6 Å². The van der Waals surface area contributed by atoms with Gasteiger partial charge in [0, 0.05) is 37.4 Å². The number of halogens is 1. The summed E-state index contributed by atoms with van der Waals surface area (Å²) in [6, 6.07) is 13.8. The van der Waals surface area contributed by atoms with Crippen LogP contribution in [-0.4, -0.2) is 44.1 Å². The molecule has 3 rings (SSSR count). The van der Waals surface area contributed by atoms with Crippen LogP contribution in [0.4, 0.5) is 5.69 Å². The molecule has 0 radical (unpaired) electrons. The third-order valence-electron chi connectivity index (χ3n) is 5.07. The standard InChI is InChI=1S/C22H27ClN2O2/c1-22(2,3)17-7-5-16(6-8-17)21(26)25-13-11-24(12-14-25)18-9-10-20(27-4)19(23)15-18/h5-10,15H,11-14H2,1-4H3. The van der Waals surface area contributed by atoms with Crippen LogP contribution in [0.1, 0.15) is 36.7 Å². The van der Waals surface area contributed by atoms with Crippen molar-refractivity contribution in [3.05, 3.63) is 58.6 Å². The molecule has 0 atom stereocenters. The zero-order valence-corrected chi connectivity index (χ0v) is 17.2. The maximum absolute atomic E-state index is 12.8. The molecule has 1 saturated heterocycles. The van der Waals surface area contributed by atoms with E-state index in [1.54, 1.807) is 7.11 Å². The number of rotatable bonds is 3. The molecule has 4 nitrogen and oxygen atoms in total. The summed E-state index contributed by atoms with van der Waals surface area (Å²) in [6.45, 7) is 9.49. The lowest BCUT2D eigenvalue weighted by atomic mass is 9.86. The normalized spacial score (nSPS) is 15.0. The molecule has 0 spiro atoms. The van der Waals surface area contributed by atoms with Gasteiger partial charge in [0.2, 0.25) is 0 Å². The topological polar surface area (TPSA) is 32.8 Å². The van der Waals surface area contributed by atoms with Gasteiger partial charge < -0.3 is 14.5 Å². The van der Waals surface area contributed by atoms with Gasteiger partial charge in [0.05, 0.1) is 12.1 Å². The second kappa shape index (κ2) is 7.81. The fourth-order valence-electron chi connectivity index (χ4n) is 3.32. The summed E-state index contributed by atoms with van der Waals surface area (Å²) >= 11 is 6.24. The van der Waals surface area contributed by atoms with E-state index >= 15 is 0 Å². The Morgan fingerprint density at radius 2 is 1.63 bits per heavy atom. The zero-order chi connectivity index (χ0) is 19.6. The van der Waals surface area contributed by atoms with Crippen molar-refractivity contribution in [3.63, 3.8) is 0 Å². The molecule has 5 heteroatoms. The van der Waals surface area contributed by atoms with Crippen molar-refractivity contribution >= 4 is 23.2 Å². The van der Waals surface area contributed by atoms with Gasteiger partial charge in [-0.15, -0.1) is 0 Å². The van der Waals surface area contributed by atoms with Gasteiger partial charge in [-0.05, 0) is 41.3 Å². The molecule has 27 heavy (non-hydrogen) atoms. The van der Waals surface area contributed by atoms with Gasteiger partial charge in [0.25, 0.3) is 5.91 Å². The molecule has 0 saturated carbocycles. The van der Waals surface area contributed by atoms with E-state index in [1.165, 1.54) is 5.56 Å². The summed E-state index contributed by atoms with van der Waals surface area (Å²) in [6.07, 6.45) is 0. The molecule has 2 aromatic rings. The van der Waals surface area contributed by atoms with Crippen LogP contribution in [0.2, 0.25) is 5.02 Å². The predicted molar refractivity (Wildman–Crippen MR) is 111 cm³/mol. The van der Waals surface area contributed by atoms with E-state index in [4.69, 9.17) is 16.3 Å². The highest BCUT2D eigenvalue weighted by molar-refractivity contribution is 6.32. The Balaban J connectivity index is 1.63. The predicted octanol–water partition coefficient (Wildman–Crippen LogP) is 4.61. The molecule has 0 unspecified atom stereocenters. The Morgan fingerprint density at radius 3 is 2.15 bits per heavy atom. The van der Waals surface area contributed by atoms with E-state index in [0.717, 1.165) is 24.3 Å². The Morgan fingerprint density at radius 1 is 1.00 bits per heavy atom. The average Bonchev–Trinajstić information content (AvgIpc) is 2.67. The van der Waals surface area contributed by atoms with Crippen LogP contribution < -0.4 is 9.64 Å². The van der Waals surface area contributed by atoms with Crippen molar-refractivity contribution in [1.29, 1.82) is 0 Å². The Labute approximate surface area is 166 Å². The van der Waals surface area contributed by atoms with E-state index < -0.39 is 0 Å². The number of methoxy groups -OCH3 is 1. The van der Waals surface area contributed by atoms with Crippen molar-refractivity contribution in [2.75, 3.05) is 38.2 Å². The largest absolute Gasteiger partial charge is 0.495 e. The minimum Gasteiger partial charge on any atom is -0.495 e. The number of carbonyl (C=O) groups excluding carboxylic acids is 1. The number of carbonyl (C=O) groups is 1. The van der Waals surface area contributed by atoms with Crippen molar-refractivity contribution in [2.24, 2.45) is 0 Å². The second-order valence-corrected chi connectivity index (χ2v) is 8.33. The number of hydrogen-bond acceptors (Lipinski definition) is 3. The second-order valence-electron chi connectivity index (χ2n) is 7.93. The molecule has 1 aliphatic rings. The van der Waals surface area contributed by atoms with E-state index in [-0.39, 0.29) is 11.3 Å². The van der Waals surface area contributed by atoms with Crippen molar-refractivity contribution in [2.45, 2.75) is 26.2 Å². The molecule has 144 valence electrons. The molecule has 0 aromatic heterocycles. The van der Waals surface area contributed by atoms with Gasteiger partial charge in [0.15, 0.2) is 0 Å². The fourth-order valence-corrected chi connectivity index (χ4v) is 3.57. The minimum atomic E-state index is 0.0901. The molecule has 1 amide bonds. The highest BCUT2D eigenvalue weighted by Crippen LogP contribution is 2.30. The van der Waals surface area contributed by atoms with Crippen LogP contribution in [0, 0.1) is 0 Å². The molecule has 2 aromatic carbocycles. The van der Waals surface area contributed by atoms with Gasteiger partial charge in [0.1, 0.15) is 5.75 Å². The summed E-state index contributed by atoms with van der Waals surface area (Å²) in [5, 5.41) is 0.604. The maximum Gasteiger partial charge on any atom is 0.253 e. The zero-order valence-electron chi connectivity index (χ0n) is 16.5. The van der Waals surface area contributed by atoms with Gasteiger partial charge in [-0.3, -0.25) is 4.79 Å². The van der Waals surface area contributed by atoms with E-state index in [2.05, 4.69) is 37.8 Å². The number of ether oxygens (including phenoxy) is 1. The van der Waals surface area contributed by atoms with Gasteiger partial charge in [-0.1, -0.05) is 44.5 Å². The third-order valence-corrected chi connectivity index (χ3v) is 5.36. The van der Waals surface area contributed by atoms with Crippen LogP contribution in [0.3, 0.4) is 0 Å². The number of anilines is 1. The van der Waals surface area contributed by atoms with E-state index in [1.807, 2.05) is 35.2 Å². The SMILES string of the molecule is COc1ccc(N2CCN(C(=O)c3ccc(C(C)(C)C)cc3)CC2)cc1Cl.